The van der Waals surface area contributed by atoms with Crippen molar-refractivity contribution in [3.63, 3.8) is 0 Å². The predicted octanol–water partition coefficient (Wildman–Crippen LogP) is 4.66. The van der Waals surface area contributed by atoms with Gasteiger partial charge in [0.25, 0.3) is 0 Å². The summed E-state index contributed by atoms with van der Waals surface area (Å²) in [5.74, 6) is -0.319. The number of amides is 1. The van der Waals surface area contributed by atoms with Crippen molar-refractivity contribution in [2.75, 3.05) is 7.05 Å². The van der Waals surface area contributed by atoms with E-state index in [0.29, 0.717) is 24.9 Å². The maximum absolute atomic E-state index is 13.8. The van der Waals surface area contributed by atoms with Crippen LogP contribution in [-0.2, 0) is 21.2 Å². The van der Waals surface area contributed by atoms with E-state index in [0.717, 1.165) is 33.6 Å². The Morgan fingerprint density at radius 1 is 1.13 bits per heavy atom. The third-order valence-electron chi connectivity index (χ3n) is 6.01. The van der Waals surface area contributed by atoms with Crippen LogP contribution in [0.1, 0.15) is 41.8 Å². The maximum atomic E-state index is 13.8. The number of carbonyl (C=O) groups excluding carboxylic acids is 1. The summed E-state index contributed by atoms with van der Waals surface area (Å²) in [6.07, 6.45) is 2.22. The van der Waals surface area contributed by atoms with Gasteiger partial charge < -0.3 is 4.90 Å². The number of fused-ring (bicyclic) bond motifs is 1. The maximum Gasteiger partial charge on any atom is 0.244 e. The Morgan fingerprint density at radius 2 is 1.83 bits per heavy atom. The molecule has 0 spiro atoms. The Morgan fingerprint density at radius 3 is 2.53 bits per heavy atom. The summed E-state index contributed by atoms with van der Waals surface area (Å²) in [5.41, 5.74) is 2.47. The van der Waals surface area contributed by atoms with Gasteiger partial charge in [0.05, 0.1) is 21.7 Å². The van der Waals surface area contributed by atoms with Crippen LogP contribution in [0.5, 0.6) is 0 Å². The summed E-state index contributed by atoms with van der Waals surface area (Å²) in [4.78, 5) is 20.1. The number of carbonyl (C=O) groups is 1. The molecule has 0 atom stereocenters. The van der Waals surface area contributed by atoms with Gasteiger partial charge in [-0.25, -0.2) is 13.4 Å². The molecule has 1 aliphatic carbocycles. The predicted molar refractivity (Wildman–Crippen MR) is 120 cm³/mol. The minimum Gasteiger partial charge on any atom is -0.338 e. The van der Waals surface area contributed by atoms with E-state index in [1.54, 1.807) is 24.9 Å². The SMILES string of the molecule is Cc1ccc(C)c(S(=O)(=O)C2(C(=O)N(C)Cc3nc4ccccc4s3)CCCC2)c1. The summed E-state index contributed by atoms with van der Waals surface area (Å²) >= 11 is 1.54. The molecule has 1 amide bonds. The van der Waals surface area contributed by atoms with Gasteiger partial charge in [0.1, 0.15) is 5.01 Å². The molecule has 30 heavy (non-hydrogen) atoms. The van der Waals surface area contributed by atoms with Crippen molar-refractivity contribution in [1.29, 1.82) is 0 Å². The number of sulfone groups is 1. The highest BCUT2D eigenvalue weighted by Gasteiger charge is 2.54. The number of thiazole rings is 1. The second-order valence-corrected chi connectivity index (χ2v) is 11.6. The van der Waals surface area contributed by atoms with Gasteiger partial charge in [0.15, 0.2) is 14.6 Å². The zero-order chi connectivity index (χ0) is 21.5. The first-order valence-electron chi connectivity index (χ1n) is 10.2. The summed E-state index contributed by atoms with van der Waals surface area (Å²) in [7, 11) is -2.14. The molecule has 2 aromatic carbocycles. The van der Waals surface area contributed by atoms with E-state index in [1.807, 2.05) is 43.3 Å². The molecule has 0 saturated heterocycles. The summed E-state index contributed by atoms with van der Waals surface area (Å²) in [5, 5.41) is 0.810. The fourth-order valence-corrected chi connectivity index (χ4v) is 7.85. The van der Waals surface area contributed by atoms with Gasteiger partial charge in [-0.15, -0.1) is 11.3 Å². The van der Waals surface area contributed by atoms with Gasteiger partial charge in [-0.2, -0.15) is 0 Å². The van der Waals surface area contributed by atoms with E-state index in [-0.39, 0.29) is 10.8 Å². The molecule has 0 bridgehead atoms. The van der Waals surface area contributed by atoms with E-state index in [4.69, 9.17) is 0 Å². The molecule has 0 radical (unpaired) electrons. The van der Waals surface area contributed by atoms with E-state index in [2.05, 4.69) is 4.98 Å². The molecule has 0 aliphatic heterocycles. The normalized spacial score (nSPS) is 16.1. The quantitative estimate of drug-likeness (QED) is 0.576. The van der Waals surface area contributed by atoms with Crippen LogP contribution in [0, 0.1) is 13.8 Å². The second kappa shape index (κ2) is 7.78. The number of hydrogen-bond acceptors (Lipinski definition) is 5. The molecule has 1 heterocycles. The Hall–Kier alpha value is -2.25. The lowest BCUT2D eigenvalue weighted by molar-refractivity contribution is -0.133. The Labute approximate surface area is 181 Å². The molecule has 1 fully saturated rings. The minimum absolute atomic E-state index is 0.283. The van der Waals surface area contributed by atoms with Crippen molar-refractivity contribution < 1.29 is 13.2 Å². The molecule has 4 rings (SSSR count). The lowest BCUT2D eigenvalue weighted by Crippen LogP contribution is -2.51. The van der Waals surface area contributed by atoms with E-state index >= 15 is 0 Å². The molecule has 5 nitrogen and oxygen atoms in total. The van der Waals surface area contributed by atoms with Crippen LogP contribution in [0.4, 0.5) is 0 Å². The molecule has 0 unspecified atom stereocenters. The van der Waals surface area contributed by atoms with Crippen molar-refractivity contribution in [3.05, 3.63) is 58.6 Å². The van der Waals surface area contributed by atoms with Gasteiger partial charge in [0.2, 0.25) is 5.91 Å². The van der Waals surface area contributed by atoms with E-state index in [1.165, 1.54) is 11.3 Å². The second-order valence-electron chi connectivity index (χ2n) is 8.21. The van der Waals surface area contributed by atoms with Crippen LogP contribution in [0.15, 0.2) is 47.4 Å². The molecular formula is C23H26N2O3S2. The molecule has 1 saturated carbocycles. The van der Waals surface area contributed by atoms with Gasteiger partial charge in [-0.1, -0.05) is 37.1 Å². The van der Waals surface area contributed by atoms with Crippen molar-refractivity contribution in [2.45, 2.75) is 55.7 Å². The lowest BCUT2D eigenvalue weighted by Gasteiger charge is -2.32. The van der Waals surface area contributed by atoms with Crippen LogP contribution in [-0.4, -0.2) is 36.0 Å². The number of rotatable bonds is 5. The fourth-order valence-electron chi connectivity index (χ4n) is 4.36. The third kappa shape index (κ3) is 3.44. The van der Waals surface area contributed by atoms with Gasteiger partial charge in [-0.3, -0.25) is 4.79 Å². The van der Waals surface area contributed by atoms with Gasteiger partial charge in [-0.05, 0) is 56.0 Å². The highest BCUT2D eigenvalue weighted by Crippen LogP contribution is 2.43. The number of benzene rings is 2. The van der Waals surface area contributed by atoms with Crippen LogP contribution >= 0.6 is 11.3 Å². The van der Waals surface area contributed by atoms with Crippen molar-refractivity contribution >= 4 is 37.3 Å². The molecular weight excluding hydrogens is 416 g/mol. The zero-order valence-corrected chi connectivity index (χ0v) is 19.1. The smallest absolute Gasteiger partial charge is 0.244 e. The molecule has 0 N–H and O–H groups in total. The highest BCUT2D eigenvalue weighted by atomic mass is 32.2. The number of para-hydroxylation sites is 1. The highest BCUT2D eigenvalue weighted by molar-refractivity contribution is 7.93. The third-order valence-corrected chi connectivity index (χ3v) is 9.66. The molecule has 1 aromatic heterocycles. The molecule has 7 heteroatoms. The Bertz CT molecular complexity index is 1180. The summed E-state index contributed by atoms with van der Waals surface area (Å²) in [6, 6.07) is 13.3. The van der Waals surface area contributed by atoms with Crippen molar-refractivity contribution in [1.82, 2.24) is 9.88 Å². The van der Waals surface area contributed by atoms with Crippen LogP contribution in [0.2, 0.25) is 0 Å². The van der Waals surface area contributed by atoms with Crippen LogP contribution in [0.3, 0.4) is 0 Å². The number of aromatic nitrogens is 1. The molecule has 1 aliphatic rings. The van der Waals surface area contributed by atoms with Crippen LogP contribution < -0.4 is 0 Å². The van der Waals surface area contributed by atoms with Crippen molar-refractivity contribution in [2.24, 2.45) is 0 Å². The average molecular weight is 443 g/mol. The number of hydrogen-bond donors (Lipinski definition) is 0. The van der Waals surface area contributed by atoms with Gasteiger partial charge >= 0.3 is 0 Å². The summed E-state index contributed by atoms with van der Waals surface area (Å²) in [6.45, 7) is 3.98. The average Bonchev–Trinajstić information content (AvgIpc) is 3.36. The Kier molecular flexibility index (Phi) is 5.45. The van der Waals surface area contributed by atoms with Gasteiger partial charge in [0, 0.05) is 7.05 Å². The molecule has 3 aromatic rings. The topological polar surface area (TPSA) is 67.3 Å². The lowest BCUT2D eigenvalue weighted by atomic mass is 10.1. The largest absolute Gasteiger partial charge is 0.338 e. The fraction of sp³-hybridized carbons (Fsp3) is 0.391. The first-order valence-corrected chi connectivity index (χ1v) is 12.5. The van der Waals surface area contributed by atoms with Crippen molar-refractivity contribution in [3.8, 4) is 0 Å². The van der Waals surface area contributed by atoms with Crippen LogP contribution in [0.25, 0.3) is 10.2 Å². The first kappa shape index (κ1) is 21.0. The standard InChI is InChI=1S/C23H26N2O3S2/c1-16-10-11-17(2)20(14-16)30(27,28)23(12-6-7-13-23)22(26)25(3)15-21-24-18-8-4-5-9-19(18)29-21/h4-5,8-11,14H,6-7,12-13,15H2,1-3H3. The number of nitrogens with zero attached hydrogens (tertiary/aromatic N) is 2. The Balaban J connectivity index is 1.69. The minimum atomic E-state index is -3.82. The number of aryl methyl sites for hydroxylation is 2. The molecule has 158 valence electrons. The zero-order valence-electron chi connectivity index (χ0n) is 17.5. The summed E-state index contributed by atoms with van der Waals surface area (Å²) < 4.78 is 27.3. The van der Waals surface area contributed by atoms with E-state index in [9.17, 15) is 13.2 Å². The first-order chi connectivity index (χ1) is 14.2. The monoisotopic (exact) mass is 442 g/mol. The van der Waals surface area contributed by atoms with E-state index < -0.39 is 14.6 Å².